The van der Waals surface area contributed by atoms with Crippen LogP contribution in [-0.4, -0.2) is 30.2 Å². The standard InChI is InChI=1S/C14H18N4/c1-10-5-12(7-15)8-16-13(10)18-4-3-17-14(9-18)6-11(14)2/h5,8,11,17H,3-4,6,9H2,1-2H3/t11-,14?/m1/s1. The van der Waals surface area contributed by atoms with Crippen LogP contribution in [0.2, 0.25) is 0 Å². The van der Waals surface area contributed by atoms with Gasteiger partial charge in [-0.05, 0) is 30.9 Å². The van der Waals surface area contributed by atoms with E-state index in [0.717, 1.165) is 36.9 Å². The predicted octanol–water partition coefficient (Wildman–Crippen LogP) is 1.45. The summed E-state index contributed by atoms with van der Waals surface area (Å²) in [5, 5.41) is 12.5. The molecule has 2 fully saturated rings. The van der Waals surface area contributed by atoms with Crippen LogP contribution < -0.4 is 10.2 Å². The van der Waals surface area contributed by atoms with Crippen molar-refractivity contribution in [2.75, 3.05) is 24.5 Å². The fraction of sp³-hybridized carbons (Fsp3) is 0.571. The third-order valence-electron chi connectivity index (χ3n) is 4.26. The zero-order valence-electron chi connectivity index (χ0n) is 10.9. The Bertz CT molecular complexity index is 519. The summed E-state index contributed by atoms with van der Waals surface area (Å²) in [7, 11) is 0. The minimum atomic E-state index is 0.320. The van der Waals surface area contributed by atoms with E-state index >= 15 is 0 Å². The Morgan fingerprint density at radius 3 is 3.00 bits per heavy atom. The van der Waals surface area contributed by atoms with E-state index in [4.69, 9.17) is 5.26 Å². The van der Waals surface area contributed by atoms with Crippen LogP contribution in [0.3, 0.4) is 0 Å². The Hall–Kier alpha value is -1.60. The quantitative estimate of drug-likeness (QED) is 0.810. The molecule has 1 spiro atoms. The van der Waals surface area contributed by atoms with E-state index in [1.165, 1.54) is 6.42 Å². The van der Waals surface area contributed by atoms with Crippen molar-refractivity contribution in [2.45, 2.75) is 25.8 Å². The lowest BCUT2D eigenvalue weighted by Gasteiger charge is -2.36. The molecule has 2 heterocycles. The molecule has 4 nitrogen and oxygen atoms in total. The van der Waals surface area contributed by atoms with Gasteiger partial charge in [-0.1, -0.05) is 6.92 Å². The highest BCUT2D eigenvalue weighted by Gasteiger charge is 2.53. The Kier molecular flexibility index (Phi) is 2.53. The van der Waals surface area contributed by atoms with Crippen molar-refractivity contribution in [2.24, 2.45) is 5.92 Å². The van der Waals surface area contributed by atoms with Gasteiger partial charge < -0.3 is 10.2 Å². The minimum Gasteiger partial charge on any atom is -0.353 e. The Balaban J connectivity index is 1.85. The Labute approximate surface area is 108 Å². The molecule has 1 aromatic heterocycles. The molecule has 1 N–H and O–H groups in total. The van der Waals surface area contributed by atoms with Gasteiger partial charge in [-0.3, -0.25) is 0 Å². The second-order valence-electron chi connectivity index (χ2n) is 5.59. The molecule has 0 amide bonds. The molecular weight excluding hydrogens is 224 g/mol. The number of anilines is 1. The fourth-order valence-electron chi connectivity index (χ4n) is 3.01. The zero-order chi connectivity index (χ0) is 12.8. The van der Waals surface area contributed by atoms with Crippen molar-refractivity contribution in [1.82, 2.24) is 10.3 Å². The Morgan fingerprint density at radius 2 is 2.39 bits per heavy atom. The van der Waals surface area contributed by atoms with E-state index in [1.807, 2.05) is 13.0 Å². The molecule has 2 atom stereocenters. The maximum absolute atomic E-state index is 8.88. The molecule has 0 aromatic carbocycles. The SMILES string of the molecule is Cc1cc(C#N)cnc1N1CCNC2(C[C@H]2C)C1. The van der Waals surface area contributed by atoms with E-state index in [2.05, 4.69) is 28.2 Å². The molecule has 2 aliphatic rings. The van der Waals surface area contributed by atoms with Gasteiger partial charge in [0.15, 0.2) is 0 Å². The minimum absolute atomic E-state index is 0.320. The normalized spacial score (nSPS) is 30.3. The molecule has 94 valence electrons. The van der Waals surface area contributed by atoms with Gasteiger partial charge in [0, 0.05) is 31.4 Å². The van der Waals surface area contributed by atoms with Gasteiger partial charge in [-0.2, -0.15) is 5.26 Å². The number of pyridine rings is 1. The number of nitrogens with one attached hydrogen (secondary N) is 1. The van der Waals surface area contributed by atoms with Crippen LogP contribution in [0, 0.1) is 24.2 Å². The highest BCUT2D eigenvalue weighted by Crippen LogP contribution is 2.45. The molecule has 1 saturated carbocycles. The van der Waals surface area contributed by atoms with Crippen molar-refractivity contribution in [3.63, 3.8) is 0 Å². The molecule has 1 aliphatic carbocycles. The lowest BCUT2D eigenvalue weighted by atomic mass is 10.1. The Morgan fingerprint density at radius 1 is 1.61 bits per heavy atom. The first-order valence-electron chi connectivity index (χ1n) is 6.51. The number of hydrogen-bond donors (Lipinski definition) is 1. The molecule has 4 heteroatoms. The summed E-state index contributed by atoms with van der Waals surface area (Å²) in [5.41, 5.74) is 2.06. The van der Waals surface area contributed by atoms with Crippen LogP contribution in [0.5, 0.6) is 0 Å². The maximum atomic E-state index is 8.88. The van der Waals surface area contributed by atoms with E-state index in [1.54, 1.807) is 6.20 Å². The zero-order valence-corrected chi connectivity index (χ0v) is 10.9. The molecule has 0 bridgehead atoms. The highest BCUT2D eigenvalue weighted by atomic mass is 15.3. The molecule has 0 radical (unpaired) electrons. The molecule has 18 heavy (non-hydrogen) atoms. The summed E-state index contributed by atoms with van der Waals surface area (Å²) in [5.74, 6) is 1.80. The van der Waals surface area contributed by atoms with Gasteiger partial charge in [-0.15, -0.1) is 0 Å². The van der Waals surface area contributed by atoms with E-state index in [0.29, 0.717) is 11.1 Å². The van der Waals surface area contributed by atoms with Crippen LogP contribution in [0.15, 0.2) is 12.3 Å². The first-order chi connectivity index (χ1) is 8.64. The summed E-state index contributed by atoms with van der Waals surface area (Å²) in [4.78, 5) is 6.82. The number of aromatic nitrogens is 1. The average Bonchev–Trinajstić information content (AvgIpc) is 2.98. The molecule has 1 unspecified atom stereocenters. The maximum Gasteiger partial charge on any atom is 0.131 e. The summed E-state index contributed by atoms with van der Waals surface area (Å²) in [6, 6.07) is 4.06. The van der Waals surface area contributed by atoms with E-state index in [-0.39, 0.29) is 0 Å². The van der Waals surface area contributed by atoms with Gasteiger partial charge in [0.1, 0.15) is 11.9 Å². The molecule has 3 rings (SSSR count). The largest absolute Gasteiger partial charge is 0.353 e. The van der Waals surface area contributed by atoms with Gasteiger partial charge in [0.05, 0.1) is 5.56 Å². The van der Waals surface area contributed by atoms with Crippen molar-refractivity contribution in [3.8, 4) is 6.07 Å². The predicted molar refractivity (Wildman–Crippen MR) is 70.4 cm³/mol. The topological polar surface area (TPSA) is 52.0 Å². The molecule has 1 aromatic rings. The number of nitriles is 1. The molecule has 1 aliphatic heterocycles. The third-order valence-corrected chi connectivity index (χ3v) is 4.26. The van der Waals surface area contributed by atoms with Gasteiger partial charge in [0.25, 0.3) is 0 Å². The lowest BCUT2D eigenvalue weighted by Crippen LogP contribution is -2.54. The second-order valence-corrected chi connectivity index (χ2v) is 5.59. The van der Waals surface area contributed by atoms with Crippen molar-refractivity contribution in [1.29, 1.82) is 5.26 Å². The van der Waals surface area contributed by atoms with Crippen LogP contribution in [0.4, 0.5) is 5.82 Å². The second kappa shape index (κ2) is 3.96. The highest BCUT2D eigenvalue weighted by molar-refractivity contribution is 5.50. The number of hydrogen-bond acceptors (Lipinski definition) is 4. The summed E-state index contributed by atoms with van der Waals surface area (Å²) in [6.45, 7) is 7.39. The average molecular weight is 242 g/mol. The van der Waals surface area contributed by atoms with Crippen molar-refractivity contribution in [3.05, 3.63) is 23.4 Å². The smallest absolute Gasteiger partial charge is 0.131 e. The number of aryl methyl sites for hydroxylation is 1. The van der Waals surface area contributed by atoms with Crippen molar-refractivity contribution >= 4 is 5.82 Å². The number of piperazine rings is 1. The first-order valence-corrected chi connectivity index (χ1v) is 6.51. The van der Waals surface area contributed by atoms with E-state index < -0.39 is 0 Å². The van der Waals surface area contributed by atoms with Crippen LogP contribution in [0.1, 0.15) is 24.5 Å². The first kappa shape index (κ1) is 11.5. The van der Waals surface area contributed by atoms with Gasteiger partial charge >= 0.3 is 0 Å². The number of rotatable bonds is 1. The van der Waals surface area contributed by atoms with Crippen LogP contribution >= 0.6 is 0 Å². The summed E-state index contributed by atoms with van der Waals surface area (Å²) >= 11 is 0. The molecule has 1 saturated heterocycles. The monoisotopic (exact) mass is 242 g/mol. The van der Waals surface area contributed by atoms with Gasteiger partial charge in [0.2, 0.25) is 0 Å². The summed E-state index contributed by atoms with van der Waals surface area (Å²) in [6.07, 6.45) is 2.94. The van der Waals surface area contributed by atoms with E-state index in [9.17, 15) is 0 Å². The van der Waals surface area contributed by atoms with Gasteiger partial charge in [-0.25, -0.2) is 4.98 Å². The number of nitrogens with zero attached hydrogens (tertiary/aromatic N) is 3. The summed E-state index contributed by atoms with van der Waals surface area (Å²) < 4.78 is 0. The molecular formula is C14H18N4. The van der Waals surface area contributed by atoms with Crippen molar-refractivity contribution < 1.29 is 0 Å². The fourth-order valence-corrected chi connectivity index (χ4v) is 3.01. The van der Waals surface area contributed by atoms with Crippen LogP contribution in [0.25, 0.3) is 0 Å². The van der Waals surface area contributed by atoms with Crippen LogP contribution in [-0.2, 0) is 0 Å². The lowest BCUT2D eigenvalue weighted by molar-refractivity contribution is 0.415. The third kappa shape index (κ3) is 1.75.